The van der Waals surface area contributed by atoms with Crippen LogP contribution in [0.25, 0.3) is 0 Å². The summed E-state index contributed by atoms with van der Waals surface area (Å²) in [7, 11) is 0. The third kappa shape index (κ3) is 11.8. The minimum Gasteiger partial charge on any atom is -0.184 e. The van der Waals surface area contributed by atoms with Crippen LogP contribution in [0.4, 0.5) is 0 Å². The van der Waals surface area contributed by atoms with Crippen molar-refractivity contribution >= 4 is 37.0 Å². The predicted molar refractivity (Wildman–Crippen MR) is 132 cm³/mol. The number of benzene rings is 1. The van der Waals surface area contributed by atoms with Crippen LogP contribution in [-0.4, -0.2) is 12.1 Å². The molecule has 160 valence electrons. The van der Waals surface area contributed by atoms with Crippen LogP contribution < -0.4 is 0 Å². The number of hydrogen-bond acceptors (Lipinski definition) is 0. The second kappa shape index (κ2) is 19.9. The Bertz CT molecular complexity index is 571. The topological polar surface area (TPSA) is 0 Å². The standard InChI is InChI=1S/2C9H11.C6H5.CH3.2ClH.GeH2.Zr/c2*1-2-5-9-7-3-6-8(9)4-1;1-2-4-6-5-3-1;;;;;/h2*1-2,4,6,9H,3,5,7H2;1-5H;1H3;2*1H;1H2;/q4*-1;;;;. The van der Waals surface area contributed by atoms with E-state index in [0.29, 0.717) is 0 Å². The minimum atomic E-state index is 0. The zero-order valence-corrected chi connectivity index (χ0v) is 24.5. The Morgan fingerprint density at radius 2 is 1.24 bits per heavy atom. The van der Waals surface area contributed by atoms with E-state index in [1.807, 2.05) is 30.3 Å². The first-order valence-electron chi connectivity index (χ1n) is 9.60. The first kappa shape index (κ1) is 31.1. The quantitative estimate of drug-likeness (QED) is 0.237. The van der Waals surface area contributed by atoms with Crippen molar-refractivity contribution in [1.82, 2.24) is 0 Å². The van der Waals surface area contributed by atoms with Gasteiger partial charge in [0.25, 0.3) is 0 Å². The Morgan fingerprint density at radius 1 is 0.793 bits per heavy atom. The van der Waals surface area contributed by atoms with Gasteiger partial charge in [0.2, 0.25) is 0 Å². The smallest absolute Gasteiger partial charge is 0.171 e. The molecule has 1 aromatic rings. The van der Waals surface area contributed by atoms with E-state index in [9.17, 15) is 0 Å². The summed E-state index contributed by atoms with van der Waals surface area (Å²) in [5.74, 6) is 1.77. The molecular weight excluding hydrogens is 535 g/mol. The molecule has 0 heterocycles. The number of hydrogen-bond donors (Lipinski definition) is 0. The molecule has 2 fully saturated rings. The Morgan fingerprint density at radius 3 is 1.55 bits per heavy atom. The maximum absolute atomic E-state index is 2.89. The zero-order chi connectivity index (χ0) is 18.5. The van der Waals surface area contributed by atoms with Gasteiger partial charge in [-0.3, -0.25) is 0 Å². The molecule has 0 nitrogen and oxygen atoms in total. The van der Waals surface area contributed by atoms with Gasteiger partial charge in [0.05, 0.1) is 0 Å². The zero-order valence-electron chi connectivity index (χ0n) is 17.4. The summed E-state index contributed by atoms with van der Waals surface area (Å²) >= 11 is 3.14. The molecule has 29 heavy (non-hydrogen) atoms. The molecule has 2 unspecified atom stereocenters. The van der Waals surface area contributed by atoms with Gasteiger partial charge in [0, 0.05) is 0 Å². The Balaban J connectivity index is 0. The van der Waals surface area contributed by atoms with E-state index in [-0.39, 0.29) is 32.2 Å². The molecule has 0 spiro atoms. The van der Waals surface area contributed by atoms with E-state index in [1.54, 1.807) is 32.7 Å². The number of halogens is 2. The molecular formula is C25H34Cl2GeZr-4. The predicted octanol–water partition coefficient (Wildman–Crippen LogP) is 6.84. The van der Waals surface area contributed by atoms with Crippen LogP contribution in [-0.2, 0) is 21.6 Å². The van der Waals surface area contributed by atoms with Gasteiger partial charge in [-0.05, 0) is 24.7 Å². The molecule has 0 N–H and O–H groups in total. The second-order valence-electron chi connectivity index (χ2n) is 6.70. The molecule has 0 saturated heterocycles. The number of allylic oxidation sites excluding steroid dienone is 8. The SMILES string of the molecule is C1=CCC2CC[CH-]C2=C1.C1=CCC2CC[CH-]C2=C1.Cl.Cl.[CH3-].[GeH2]=[Zr].[c-]1ccccc1. The van der Waals surface area contributed by atoms with Gasteiger partial charge in [-0.1, -0.05) is 12.8 Å². The summed E-state index contributed by atoms with van der Waals surface area (Å²) in [6, 6.07) is 12.5. The monoisotopic (exact) mass is 568 g/mol. The van der Waals surface area contributed by atoms with Crippen LogP contribution in [0.1, 0.15) is 38.5 Å². The van der Waals surface area contributed by atoms with Crippen molar-refractivity contribution in [2.75, 3.05) is 0 Å². The van der Waals surface area contributed by atoms with Gasteiger partial charge in [-0.15, -0.1) is 62.0 Å². The fourth-order valence-electron chi connectivity index (χ4n) is 3.67. The van der Waals surface area contributed by atoms with E-state index in [2.05, 4.69) is 55.4 Å². The van der Waals surface area contributed by atoms with Crippen LogP contribution in [0.5, 0.6) is 0 Å². The molecule has 4 aliphatic carbocycles. The van der Waals surface area contributed by atoms with Crippen LogP contribution in [0.3, 0.4) is 0 Å². The van der Waals surface area contributed by atoms with E-state index in [0.717, 1.165) is 11.8 Å². The van der Waals surface area contributed by atoms with E-state index < -0.39 is 0 Å². The van der Waals surface area contributed by atoms with Crippen LogP contribution in [0.15, 0.2) is 77.9 Å². The maximum Gasteiger partial charge on any atom is -0.171 e. The third-order valence-corrected chi connectivity index (χ3v) is 5.03. The number of rotatable bonds is 0. The maximum atomic E-state index is 2.89. The van der Waals surface area contributed by atoms with Gasteiger partial charge in [-0.2, -0.15) is 36.4 Å². The summed E-state index contributed by atoms with van der Waals surface area (Å²) in [5, 5.41) is 0. The largest absolute Gasteiger partial charge is 0.184 e. The van der Waals surface area contributed by atoms with Crippen molar-refractivity contribution in [3.63, 3.8) is 0 Å². The normalized spacial score (nSPS) is 21.1. The van der Waals surface area contributed by atoms with E-state index in [4.69, 9.17) is 0 Å². The van der Waals surface area contributed by atoms with Crippen molar-refractivity contribution in [3.05, 3.63) is 104 Å². The van der Waals surface area contributed by atoms with Gasteiger partial charge < -0.3 is 7.43 Å². The summed E-state index contributed by atoms with van der Waals surface area (Å²) in [5.41, 5.74) is 3.16. The van der Waals surface area contributed by atoms with Gasteiger partial charge >= 0.3 is 33.7 Å². The number of fused-ring (bicyclic) bond motifs is 2. The van der Waals surface area contributed by atoms with Crippen molar-refractivity contribution in [2.45, 2.75) is 38.5 Å². The summed E-state index contributed by atoms with van der Waals surface area (Å²) in [4.78, 5) is 0. The molecule has 0 amide bonds. The second-order valence-corrected chi connectivity index (χ2v) is 6.70. The molecule has 1 aromatic carbocycles. The molecule has 4 aliphatic rings. The molecule has 0 radical (unpaired) electrons. The van der Waals surface area contributed by atoms with E-state index >= 15 is 0 Å². The molecule has 0 aliphatic heterocycles. The Kier molecular flexibility index (Phi) is 21.3. The van der Waals surface area contributed by atoms with Crippen LogP contribution in [0.2, 0.25) is 0 Å². The molecule has 0 bridgehead atoms. The van der Waals surface area contributed by atoms with Crippen molar-refractivity contribution in [3.8, 4) is 0 Å². The summed E-state index contributed by atoms with van der Waals surface area (Å²) in [6.07, 6.45) is 26.1. The van der Waals surface area contributed by atoms with Gasteiger partial charge in [-0.25, -0.2) is 36.1 Å². The summed E-state index contributed by atoms with van der Waals surface area (Å²) < 4.78 is 0. The minimum absolute atomic E-state index is 0. The first-order chi connectivity index (χ1) is 12.9. The fourth-order valence-corrected chi connectivity index (χ4v) is 3.67. The Hall–Kier alpha value is -0.0740. The first-order valence-corrected chi connectivity index (χ1v) is 20.1. The van der Waals surface area contributed by atoms with Crippen molar-refractivity contribution in [1.29, 1.82) is 0 Å². The van der Waals surface area contributed by atoms with Gasteiger partial charge in [0.1, 0.15) is 0 Å². The Labute approximate surface area is 211 Å². The molecule has 4 heteroatoms. The van der Waals surface area contributed by atoms with Gasteiger partial charge in [0.15, 0.2) is 0 Å². The van der Waals surface area contributed by atoms with E-state index in [1.165, 1.54) is 50.7 Å². The fraction of sp³-hybridized carbons (Fsp3) is 0.320. The summed E-state index contributed by atoms with van der Waals surface area (Å²) in [6.45, 7) is 0. The molecule has 0 aromatic heterocycles. The molecule has 5 rings (SSSR count). The average molecular weight is 569 g/mol. The average Bonchev–Trinajstić information content (AvgIpc) is 3.41. The third-order valence-electron chi connectivity index (χ3n) is 5.03. The van der Waals surface area contributed by atoms with Crippen molar-refractivity contribution < 1.29 is 21.6 Å². The molecule has 2 atom stereocenters. The van der Waals surface area contributed by atoms with Crippen LogP contribution >= 0.6 is 24.8 Å². The molecule has 2 saturated carbocycles. The van der Waals surface area contributed by atoms with Crippen LogP contribution in [0, 0.1) is 38.2 Å². The van der Waals surface area contributed by atoms with Crippen molar-refractivity contribution in [2.24, 2.45) is 11.8 Å².